The number of anilines is 1. The SMILES string of the molecule is CS(=O)(=O)Nc1cc([C@@H](O)CNCCOc2ccc3c(c2)oc2ccccc23)ccc1O.Cl. The number of phenolic OH excluding ortho intramolecular Hbond substituents is 1. The lowest BCUT2D eigenvalue weighted by molar-refractivity contribution is 0.172. The third-order valence-electron chi connectivity index (χ3n) is 4.94. The predicted octanol–water partition coefficient (Wildman–Crippen LogP) is 3.79. The third-order valence-corrected chi connectivity index (χ3v) is 5.53. The number of aliphatic hydroxyl groups is 1. The second-order valence-corrected chi connectivity index (χ2v) is 9.22. The molecule has 0 radical (unpaired) electrons. The Morgan fingerprint density at radius 3 is 2.58 bits per heavy atom. The van der Waals surface area contributed by atoms with Crippen molar-refractivity contribution in [3.63, 3.8) is 0 Å². The summed E-state index contributed by atoms with van der Waals surface area (Å²) in [6, 6.07) is 17.9. The maximum Gasteiger partial charge on any atom is 0.229 e. The zero-order valence-corrected chi connectivity index (χ0v) is 19.4. The van der Waals surface area contributed by atoms with Crippen LogP contribution in [0, 0.1) is 0 Å². The lowest BCUT2D eigenvalue weighted by atomic mass is 10.1. The van der Waals surface area contributed by atoms with Gasteiger partial charge in [-0.15, -0.1) is 12.4 Å². The van der Waals surface area contributed by atoms with Crippen LogP contribution in [0.3, 0.4) is 0 Å². The molecule has 10 heteroatoms. The number of benzene rings is 3. The Balaban J connectivity index is 0.00000306. The molecule has 0 saturated heterocycles. The van der Waals surface area contributed by atoms with E-state index in [0.717, 1.165) is 28.2 Å². The summed E-state index contributed by atoms with van der Waals surface area (Å²) in [6.07, 6.45) is 0.103. The summed E-state index contributed by atoms with van der Waals surface area (Å²) in [5, 5.41) is 25.4. The molecule has 1 atom stereocenters. The van der Waals surface area contributed by atoms with Crippen LogP contribution in [0.4, 0.5) is 5.69 Å². The molecule has 4 rings (SSSR count). The van der Waals surface area contributed by atoms with E-state index in [1.807, 2.05) is 42.5 Å². The van der Waals surface area contributed by atoms with Gasteiger partial charge in [-0.1, -0.05) is 24.3 Å². The first-order valence-electron chi connectivity index (χ1n) is 10.0. The van der Waals surface area contributed by atoms with E-state index in [0.29, 0.717) is 24.5 Å². The van der Waals surface area contributed by atoms with Crippen LogP contribution in [0.25, 0.3) is 21.9 Å². The number of para-hydroxylation sites is 1. The summed E-state index contributed by atoms with van der Waals surface area (Å²) in [4.78, 5) is 0. The zero-order chi connectivity index (χ0) is 22.7. The molecule has 0 bridgehead atoms. The fourth-order valence-electron chi connectivity index (χ4n) is 3.44. The zero-order valence-electron chi connectivity index (χ0n) is 17.8. The van der Waals surface area contributed by atoms with Gasteiger partial charge in [-0.2, -0.15) is 0 Å². The first kappa shape index (κ1) is 24.7. The number of rotatable bonds is 9. The second-order valence-electron chi connectivity index (χ2n) is 7.48. The highest BCUT2D eigenvalue weighted by molar-refractivity contribution is 7.92. The summed E-state index contributed by atoms with van der Waals surface area (Å²) in [5.74, 6) is 0.475. The fraction of sp³-hybridized carbons (Fsp3) is 0.217. The van der Waals surface area contributed by atoms with E-state index < -0.39 is 16.1 Å². The van der Waals surface area contributed by atoms with Crippen molar-refractivity contribution in [1.82, 2.24) is 5.32 Å². The molecule has 3 aromatic carbocycles. The number of hydrogen-bond acceptors (Lipinski definition) is 7. The summed E-state index contributed by atoms with van der Waals surface area (Å²) >= 11 is 0. The van der Waals surface area contributed by atoms with Gasteiger partial charge >= 0.3 is 0 Å². The average molecular weight is 493 g/mol. The molecule has 8 nitrogen and oxygen atoms in total. The van der Waals surface area contributed by atoms with E-state index in [-0.39, 0.29) is 30.4 Å². The smallest absolute Gasteiger partial charge is 0.229 e. The van der Waals surface area contributed by atoms with Gasteiger partial charge in [-0.25, -0.2) is 8.42 Å². The minimum Gasteiger partial charge on any atom is -0.506 e. The van der Waals surface area contributed by atoms with E-state index >= 15 is 0 Å². The number of phenols is 1. The van der Waals surface area contributed by atoms with Gasteiger partial charge < -0.3 is 24.7 Å². The van der Waals surface area contributed by atoms with Crippen LogP contribution < -0.4 is 14.8 Å². The molecule has 0 fully saturated rings. The number of aromatic hydroxyl groups is 1. The minimum absolute atomic E-state index is 0. The molecule has 4 aromatic rings. The highest BCUT2D eigenvalue weighted by Crippen LogP contribution is 2.31. The van der Waals surface area contributed by atoms with Gasteiger partial charge in [0.05, 0.1) is 18.0 Å². The molecule has 0 amide bonds. The van der Waals surface area contributed by atoms with Gasteiger partial charge in [0.2, 0.25) is 10.0 Å². The van der Waals surface area contributed by atoms with Gasteiger partial charge in [-0.05, 0) is 35.9 Å². The molecule has 0 saturated carbocycles. The van der Waals surface area contributed by atoms with Gasteiger partial charge in [0.1, 0.15) is 29.3 Å². The van der Waals surface area contributed by atoms with Gasteiger partial charge in [0, 0.05) is 29.9 Å². The van der Waals surface area contributed by atoms with Crippen LogP contribution in [0.5, 0.6) is 11.5 Å². The molecular formula is C23H25ClN2O6S. The molecule has 0 aliphatic heterocycles. The van der Waals surface area contributed by atoms with Crippen molar-refractivity contribution in [2.75, 3.05) is 30.7 Å². The number of hydrogen-bond donors (Lipinski definition) is 4. The fourth-order valence-corrected chi connectivity index (χ4v) is 4.00. The first-order chi connectivity index (χ1) is 15.3. The van der Waals surface area contributed by atoms with Crippen molar-refractivity contribution >= 4 is 50.1 Å². The summed E-state index contributed by atoms with van der Waals surface area (Å²) in [7, 11) is -3.54. The topological polar surface area (TPSA) is 121 Å². The first-order valence-corrected chi connectivity index (χ1v) is 11.9. The largest absolute Gasteiger partial charge is 0.506 e. The Morgan fingerprint density at radius 1 is 1.03 bits per heavy atom. The predicted molar refractivity (Wildman–Crippen MR) is 131 cm³/mol. The molecule has 176 valence electrons. The molecule has 4 N–H and O–H groups in total. The van der Waals surface area contributed by atoms with Crippen LogP contribution in [-0.2, 0) is 10.0 Å². The van der Waals surface area contributed by atoms with Crippen molar-refractivity contribution in [3.05, 3.63) is 66.2 Å². The van der Waals surface area contributed by atoms with Crippen LogP contribution in [0.15, 0.2) is 65.1 Å². The number of furan rings is 1. The molecule has 0 unspecified atom stereocenters. The van der Waals surface area contributed by atoms with E-state index in [4.69, 9.17) is 9.15 Å². The van der Waals surface area contributed by atoms with Crippen LogP contribution in [-0.4, -0.2) is 44.6 Å². The number of aliphatic hydroxyl groups excluding tert-OH is 1. The van der Waals surface area contributed by atoms with E-state index in [1.54, 1.807) is 0 Å². The normalized spacial score (nSPS) is 12.4. The molecule has 1 aromatic heterocycles. The number of sulfonamides is 1. The highest BCUT2D eigenvalue weighted by Gasteiger charge is 2.13. The summed E-state index contributed by atoms with van der Waals surface area (Å²) in [5.41, 5.74) is 2.09. The Hall–Kier alpha value is -2.98. The molecule has 0 spiro atoms. The van der Waals surface area contributed by atoms with E-state index in [2.05, 4.69) is 10.0 Å². The summed E-state index contributed by atoms with van der Waals surface area (Å²) < 4.78 is 36.6. The second kappa shape index (κ2) is 10.3. The van der Waals surface area contributed by atoms with Gasteiger partial charge in [0.15, 0.2) is 0 Å². The van der Waals surface area contributed by atoms with E-state index in [9.17, 15) is 18.6 Å². The quantitative estimate of drug-likeness (QED) is 0.207. The van der Waals surface area contributed by atoms with Crippen LogP contribution >= 0.6 is 12.4 Å². The number of fused-ring (bicyclic) bond motifs is 3. The lowest BCUT2D eigenvalue weighted by Crippen LogP contribution is -2.26. The molecule has 33 heavy (non-hydrogen) atoms. The summed E-state index contributed by atoms with van der Waals surface area (Å²) in [6.45, 7) is 1.10. The Kier molecular flexibility index (Phi) is 7.70. The number of halogens is 1. The highest BCUT2D eigenvalue weighted by atomic mass is 35.5. The van der Waals surface area contributed by atoms with Crippen LogP contribution in [0.2, 0.25) is 0 Å². The van der Waals surface area contributed by atoms with Crippen molar-refractivity contribution in [3.8, 4) is 11.5 Å². The molecule has 0 aliphatic carbocycles. The lowest BCUT2D eigenvalue weighted by Gasteiger charge is -2.15. The van der Waals surface area contributed by atoms with Crippen molar-refractivity contribution in [2.24, 2.45) is 0 Å². The standard InChI is InChI=1S/C23H24N2O6S.ClH/c1-32(28,29)25-19-12-15(6-9-20(19)26)21(27)14-24-10-11-30-16-7-8-18-17-4-2-3-5-22(17)31-23(18)13-16;/h2-9,12-13,21,24-27H,10-11,14H2,1H3;1H/t21-;/m0./s1. The molecule has 0 aliphatic rings. The average Bonchev–Trinajstić information content (AvgIpc) is 3.11. The van der Waals surface area contributed by atoms with Crippen molar-refractivity contribution < 1.29 is 27.8 Å². The van der Waals surface area contributed by atoms with Crippen molar-refractivity contribution in [1.29, 1.82) is 0 Å². The Bertz CT molecular complexity index is 1360. The number of ether oxygens (including phenoxy) is 1. The Labute approximate surface area is 197 Å². The van der Waals surface area contributed by atoms with Gasteiger partial charge in [-0.3, -0.25) is 4.72 Å². The molecular weight excluding hydrogens is 468 g/mol. The molecule has 1 heterocycles. The van der Waals surface area contributed by atoms with E-state index in [1.165, 1.54) is 18.2 Å². The minimum atomic E-state index is -3.54. The van der Waals surface area contributed by atoms with Crippen molar-refractivity contribution in [2.45, 2.75) is 6.10 Å². The number of nitrogens with one attached hydrogen (secondary N) is 2. The maximum absolute atomic E-state index is 11.4. The van der Waals surface area contributed by atoms with Gasteiger partial charge in [0.25, 0.3) is 0 Å². The monoisotopic (exact) mass is 492 g/mol. The third kappa shape index (κ3) is 6.08. The van der Waals surface area contributed by atoms with Crippen LogP contribution in [0.1, 0.15) is 11.7 Å². The maximum atomic E-state index is 11.4. The Morgan fingerprint density at radius 2 is 1.79 bits per heavy atom.